The van der Waals surface area contributed by atoms with Crippen molar-refractivity contribution in [3.05, 3.63) is 94.0 Å². The van der Waals surface area contributed by atoms with Crippen molar-refractivity contribution in [2.75, 3.05) is 0 Å². The lowest BCUT2D eigenvalue weighted by Gasteiger charge is -2.36. The van der Waals surface area contributed by atoms with E-state index in [0.29, 0.717) is 22.6 Å². The third kappa shape index (κ3) is 6.95. The zero-order chi connectivity index (χ0) is 30.0. The van der Waals surface area contributed by atoms with Crippen LogP contribution in [0, 0.1) is 0 Å². The number of carboxylic acids is 2. The molecule has 1 aliphatic heterocycles. The van der Waals surface area contributed by atoms with Crippen molar-refractivity contribution < 1.29 is 34.1 Å². The van der Waals surface area contributed by atoms with Gasteiger partial charge in [0, 0.05) is 19.4 Å². The molecule has 3 aromatic carbocycles. The van der Waals surface area contributed by atoms with Crippen LogP contribution in [0.25, 0.3) is 0 Å². The average Bonchev–Trinajstić information content (AvgIpc) is 2.96. The number of carbonyl (C=O) groups is 4. The average molecular weight is 607 g/mol. The number of nitrogens with zero attached hydrogens (tertiary/aromatic N) is 2. The Kier molecular flexibility index (Phi) is 9.35. The van der Waals surface area contributed by atoms with Crippen LogP contribution in [-0.2, 0) is 29.0 Å². The van der Waals surface area contributed by atoms with Crippen LogP contribution in [0.4, 0.5) is 5.69 Å². The molecule has 2 atom stereocenters. The summed E-state index contributed by atoms with van der Waals surface area (Å²) in [6.07, 6.45) is 2.56. The fraction of sp³-hybridized carbons (Fsp3) is 0.258. The van der Waals surface area contributed by atoms with Gasteiger partial charge in [0.25, 0.3) is 0 Å². The van der Waals surface area contributed by atoms with Gasteiger partial charge in [-0.3, -0.25) is 4.79 Å². The Morgan fingerprint density at radius 3 is 2.30 bits per heavy atom. The summed E-state index contributed by atoms with van der Waals surface area (Å²) in [5, 5.41) is 19.2. The number of amides is 1. The number of esters is 1. The number of aryl methyl sites for hydroxylation is 1. The van der Waals surface area contributed by atoms with Crippen molar-refractivity contribution in [2.45, 2.75) is 50.6 Å². The van der Waals surface area contributed by atoms with E-state index < -0.39 is 23.9 Å². The number of aliphatic imine (C=N–C) groups is 1. The maximum Gasteiger partial charge on any atom is 0.343 e. The third-order valence-electron chi connectivity index (χ3n) is 7.73. The number of ether oxygens (including phenoxy) is 1. The first-order chi connectivity index (χ1) is 20.1. The SMILES string of the molecule is Cl.NC(N)=Nc1ccc(C(=O)Oc2ccc3c(c2)CCCC3CC(=O)N2Cc3cc(C(=O)O)ccc3C[C@@H]2C(=O)O)cc1. The molecule has 0 aromatic heterocycles. The summed E-state index contributed by atoms with van der Waals surface area (Å²) < 4.78 is 5.59. The van der Waals surface area contributed by atoms with E-state index in [9.17, 15) is 29.4 Å². The largest absolute Gasteiger partial charge is 0.480 e. The molecule has 0 spiro atoms. The maximum absolute atomic E-state index is 13.5. The van der Waals surface area contributed by atoms with Gasteiger partial charge >= 0.3 is 17.9 Å². The number of fused-ring (bicyclic) bond motifs is 2. The number of rotatable bonds is 7. The van der Waals surface area contributed by atoms with Gasteiger partial charge in [0.2, 0.25) is 5.91 Å². The summed E-state index contributed by atoms with van der Waals surface area (Å²) in [6.45, 7) is 0.0354. The highest BCUT2D eigenvalue weighted by molar-refractivity contribution is 5.92. The minimum absolute atomic E-state index is 0. The monoisotopic (exact) mass is 606 g/mol. The number of carbonyl (C=O) groups excluding carboxylic acids is 2. The van der Waals surface area contributed by atoms with E-state index in [0.717, 1.165) is 36.0 Å². The number of hydrogen-bond acceptors (Lipinski definition) is 6. The molecule has 224 valence electrons. The second kappa shape index (κ2) is 13.0. The van der Waals surface area contributed by atoms with E-state index in [1.165, 1.54) is 17.0 Å². The Hall–Kier alpha value is -4.90. The van der Waals surface area contributed by atoms with Crippen LogP contribution in [0.5, 0.6) is 5.75 Å². The van der Waals surface area contributed by atoms with E-state index in [2.05, 4.69) is 4.99 Å². The van der Waals surface area contributed by atoms with Gasteiger partial charge in [-0.05, 0) is 96.0 Å². The van der Waals surface area contributed by atoms with Gasteiger partial charge in [0.05, 0.1) is 16.8 Å². The summed E-state index contributed by atoms with van der Waals surface area (Å²) in [4.78, 5) is 55.0. The highest BCUT2D eigenvalue weighted by atomic mass is 35.5. The van der Waals surface area contributed by atoms with E-state index >= 15 is 0 Å². The fourth-order valence-corrected chi connectivity index (χ4v) is 5.68. The van der Waals surface area contributed by atoms with Crippen LogP contribution >= 0.6 is 12.4 Å². The molecule has 12 heteroatoms. The van der Waals surface area contributed by atoms with Crippen LogP contribution in [0.15, 0.2) is 65.7 Å². The molecule has 1 amide bonds. The van der Waals surface area contributed by atoms with Crippen molar-refractivity contribution in [1.29, 1.82) is 0 Å². The Bertz CT molecular complexity index is 1600. The molecule has 1 aliphatic carbocycles. The third-order valence-corrected chi connectivity index (χ3v) is 7.73. The standard InChI is InChI=1S/C31H30N4O7.ClH/c32-31(33)34-23-8-6-17(7-9-23)30(41)42-24-10-11-25-19(13-24)2-1-3-20(25)15-27(36)35-16-22-12-21(28(37)38)5-4-18(22)14-26(35)29(39)40;/h4-13,20,26H,1-3,14-16H2,(H,37,38)(H,39,40)(H4,32,33,34);1H/t20?,26-;/m1./s1. The highest BCUT2D eigenvalue weighted by Crippen LogP contribution is 2.37. The van der Waals surface area contributed by atoms with E-state index in [1.807, 2.05) is 12.1 Å². The van der Waals surface area contributed by atoms with Crippen LogP contribution in [0.2, 0.25) is 0 Å². The Morgan fingerprint density at radius 1 is 0.907 bits per heavy atom. The van der Waals surface area contributed by atoms with Gasteiger partial charge in [-0.2, -0.15) is 0 Å². The molecule has 0 fully saturated rings. The molecule has 43 heavy (non-hydrogen) atoms. The lowest BCUT2D eigenvalue weighted by molar-refractivity contribution is -0.151. The highest BCUT2D eigenvalue weighted by Gasteiger charge is 2.36. The Morgan fingerprint density at radius 2 is 1.63 bits per heavy atom. The minimum Gasteiger partial charge on any atom is -0.480 e. The number of halogens is 1. The van der Waals surface area contributed by atoms with Crippen molar-refractivity contribution in [3.8, 4) is 5.75 Å². The van der Waals surface area contributed by atoms with E-state index in [1.54, 1.807) is 36.4 Å². The molecule has 5 rings (SSSR count). The van der Waals surface area contributed by atoms with Crippen molar-refractivity contribution in [3.63, 3.8) is 0 Å². The molecule has 6 N–H and O–H groups in total. The van der Waals surface area contributed by atoms with Gasteiger partial charge in [0.15, 0.2) is 5.96 Å². The number of guanidine groups is 1. The van der Waals surface area contributed by atoms with E-state index in [-0.39, 0.29) is 55.1 Å². The Balaban J connectivity index is 0.00000423. The maximum atomic E-state index is 13.5. The summed E-state index contributed by atoms with van der Waals surface area (Å²) in [5.41, 5.74) is 15.0. The topological polar surface area (TPSA) is 186 Å². The lowest BCUT2D eigenvalue weighted by atomic mass is 9.80. The predicted octanol–water partition coefficient (Wildman–Crippen LogP) is 3.78. The van der Waals surface area contributed by atoms with Gasteiger partial charge in [0.1, 0.15) is 11.8 Å². The lowest BCUT2D eigenvalue weighted by Crippen LogP contribution is -2.49. The van der Waals surface area contributed by atoms with Crippen molar-refractivity contribution >= 4 is 47.9 Å². The molecular weight excluding hydrogens is 576 g/mol. The van der Waals surface area contributed by atoms with Gasteiger partial charge in [-0.1, -0.05) is 12.1 Å². The smallest absolute Gasteiger partial charge is 0.343 e. The minimum atomic E-state index is -1.10. The number of carboxylic acid groups (broad SMARTS) is 2. The van der Waals surface area contributed by atoms with Gasteiger partial charge in [-0.15, -0.1) is 12.4 Å². The quantitative estimate of drug-likeness (QED) is 0.134. The first-order valence-corrected chi connectivity index (χ1v) is 13.5. The number of aromatic carboxylic acids is 1. The van der Waals surface area contributed by atoms with Gasteiger partial charge < -0.3 is 31.3 Å². The number of benzene rings is 3. The summed E-state index contributed by atoms with van der Waals surface area (Å²) in [6, 6.07) is 15.2. The molecule has 1 unspecified atom stereocenters. The normalized spacial score (nSPS) is 17.0. The zero-order valence-electron chi connectivity index (χ0n) is 23.1. The molecule has 2 aliphatic rings. The van der Waals surface area contributed by atoms with Crippen LogP contribution < -0.4 is 16.2 Å². The Labute approximate surface area is 253 Å². The molecule has 1 heterocycles. The summed E-state index contributed by atoms with van der Waals surface area (Å²) >= 11 is 0. The second-order valence-corrected chi connectivity index (χ2v) is 10.5. The molecule has 0 saturated heterocycles. The number of nitrogens with two attached hydrogens (primary N) is 2. The summed E-state index contributed by atoms with van der Waals surface area (Å²) in [5.74, 6) is -2.85. The molecule has 11 nitrogen and oxygen atoms in total. The number of aliphatic carboxylic acids is 1. The van der Waals surface area contributed by atoms with Crippen LogP contribution in [-0.4, -0.2) is 50.9 Å². The van der Waals surface area contributed by atoms with Crippen LogP contribution in [0.1, 0.15) is 68.2 Å². The fourth-order valence-electron chi connectivity index (χ4n) is 5.68. The molecule has 0 bridgehead atoms. The first-order valence-electron chi connectivity index (χ1n) is 13.5. The molecule has 3 aromatic rings. The second-order valence-electron chi connectivity index (χ2n) is 10.5. The van der Waals surface area contributed by atoms with Crippen molar-refractivity contribution in [2.24, 2.45) is 16.5 Å². The van der Waals surface area contributed by atoms with Gasteiger partial charge in [-0.25, -0.2) is 19.4 Å². The molecule has 0 saturated carbocycles. The predicted molar refractivity (Wildman–Crippen MR) is 160 cm³/mol. The number of hydrogen-bond donors (Lipinski definition) is 4. The van der Waals surface area contributed by atoms with E-state index in [4.69, 9.17) is 16.2 Å². The zero-order valence-corrected chi connectivity index (χ0v) is 23.9. The summed E-state index contributed by atoms with van der Waals surface area (Å²) in [7, 11) is 0. The molecular formula is C31H31ClN4O7. The first kappa shape index (κ1) is 31.0. The molecule has 0 radical (unpaired) electrons. The van der Waals surface area contributed by atoms with Crippen LogP contribution in [0.3, 0.4) is 0 Å². The van der Waals surface area contributed by atoms with Crippen molar-refractivity contribution in [1.82, 2.24) is 4.90 Å².